The molecule has 26 heavy (non-hydrogen) atoms. The summed E-state index contributed by atoms with van der Waals surface area (Å²) >= 11 is 0. The molecular formula is C21H39KO4. The Kier molecular flexibility index (Phi) is 33.2. The molecule has 1 unspecified atom stereocenters. The first-order valence-electron chi connectivity index (χ1n) is 9.97. The van der Waals surface area contributed by atoms with Crippen LogP contribution in [0.15, 0.2) is 12.2 Å². The molecule has 0 aliphatic rings. The summed E-state index contributed by atoms with van der Waals surface area (Å²) in [5.74, 6) is -1.19. The van der Waals surface area contributed by atoms with Crippen LogP contribution >= 0.6 is 0 Å². The van der Waals surface area contributed by atoms with Gasteiger partial charge in [0.2, 0.25) is 0 Å². The molecule has 0 aromatic rings. The summed E-state index contributed by atoms with van der Waals surface area (Å²) in [5, 5.41) is 15.8. The zero-order chi connectivity index (χ0) is 19.2. The fourth-order valence-corrected chi connectivity index (χ4v) is 2.27. The number of carbonyl (C=O) groups is 1. The minimum atomic E-state index is -1.23. The van der Waals surface area contributed by atoms with Crippen molar-refractivity contribution in [3.8, 4) is 0 Å². The molecule has 0 saturated heterocycles. The van der Waals surface area contributed by atoms with Gasteiger partial charge < -0.3 is 15.0 Å². The van der Waals surface area contributed by atoms with Crippen molar-refractivity contribution in [2.24, 2.45) is 0 Å². The van der Waals surface area contributed by atoms with Crippen LogP contribution in [-0.4, -0.2) is 28.6 Å². The number of rotatable bonds is 16. The van der Waals surface area contributed by atoms with Gasteiger partial charge in [-0.25, -0.2) is 4.79 Å². The van der Waals surface area contributed by atoms with E-state index in [4.69, 9.17) is 10.2 Å². The fourth-order valence-electron chi connectivity index (χ4n) is 2.27. The maximum atomic E-state index is 10.0. The third kappa shape index (κ3) is 32.2. The SMILES string of the molecule is CC(O)C(=O)O.CCCCCCCC/C=C\CCCCCCC[C-]=O.[K+]. The van der Waals surface area contributed by atoms with E-state index in [9.17, 15) is 9.59 Å². The summed E-state index contributed by atoms with van der Waals surface area (Å²) in [6.07, 6.45) is 23.0. The predicted octanol–water partition coefficient (Wildman–Crippen LogP) is 2.59. The van der Waals surface area contributed by atoms with Crippen LogP contribution in [0.3, 0.4) is 0 Å². The van der Waals surface area contributed by atoms with E-state index in [-0.39, 0.29) is 51.4 Å². The Labute approximate surface area is 203 Å². The second-order valence-corrected chi connectivity index (χ2v) is 6.49. The van der Waals surface area contributed by atoms with Crippen LogP contribution in [-0.2, 0) is 9.59 Å². The third-order valence-electron chi connectivity index (χ3n) is 3.90. The molecular weight excluding hydrogens is 355 g/mol. The molecule has 2 N–H and O–H groups in total. The van der Waals surface area contributed by atoms with Crippen LogP contribution in [0.4, 0.5) is 0 Å². The van der Waals surface area contributed by atoms with Crippen molar-refractivity contribution >= 4 is 12.3 Å². The minimum Gasteiger partial charge on any atom is -0.542 e. The fraction of sp³-hybridized carbons (Fsp3) is 0.810. The van der Waals surface area contributed by atoms with Crippen molar-refractivity contribution in [1.29, 1.82) is 0 Å². The van der Waals surface area contributed by atoms with Gasteiger partial charge in [0, 0.05) is 0 Å². The van der Waals surface area contributed by atoms with E-state index >= 15 is 0 Å². The van der Waals surface area contributed by atoms with Gasteiger partial charge in [0.25, 0.3) is 0 Å². The van der Waals surface area contributed by atoms with Crippen molar-refractivity contribution < 1.29 is 71.2 Å². The average Bonchev–Trinajstić information content (AvgIpc) is 2.59. The molecule has 148 valence electrons. The first-order valence-corrected chi connectivity index (χ1v) is 9.97. The molecule has 0 aromatic carbocycles. The van der Waals surface area contributed by atoms with Crippen molar-refractivity contribution in [2.75, 3.05) is 0 Å². The van der Waals surface area contributed by atoms with Crippen molar-refractivity contribution in [1.82, 2.24) is 0 Å². The van der Waals surface area contributed by atoms with Crippen LogP contribution < -0.4 is 51.4 Å². The molecule has 0 rings (SSSR count). The molecule has 0 fully saturated rings. The Balaban J connectivity index is -0.000000649. The zero-order valence-electron chi connectivity index (χ0n) is 17.3. The molecule has 0 spiro atoms. The van der Waals surface area contributed by atoms with Gasteiger partial charge in [-0.05, 0) is 32.6 Å². The topological polar surface area (TPSA) is 74.6 Å². The van der Waals surface area contributed by atoms with E-state index in [1.54, 1.807) is 0 Å². The maximum Gasteiger partial charge on any atom is 1.00 e. The number of carboxylic acids is 1. The van der Waals surface area contributed by atoms with Gasteiger partial charge in [0.15, 0.2) is 0 Å². The van der Waals surface area contributed by atoms with Gasteiger partial charge >= 0.3 is 57.4 Å². The number of aliphatic carboxylic acids is 1. The van der Waals surface area contributed by atoms with Crippen LogP contribution in [0.5, 0.6) is 0 Å². The quantitative estimate of drug-likeness (QED) is 0.183. The third-order valence-corrected chi connectivity index (χ3v) is 3.90. The Bertz CT molecular complexity index is 317. The summed E-state index contributed by atoms with van der Waals surface area (Å²) in [6.45, 7) is 3.46. The summed E-state index contributed by atoms with van der Waals surface area (Å²) in [6, 6.07) is 0. The molecule has 5 heteroatoms. The molecule has 0 aliphatic heterocycles. The summed E-state index contributed by atoms with van der Waals surface area (Å²) in [7, 11) is 0. The van der Waals surface area contributed by atoms with Crippen LogP contribution in [0.1, 0.15) is 104 Å². The second-order valence-electron chi connectivity index (χ2n) is 6.49. The Morgan fingerprint density at radius 3 is 1.65 bits per heavy atom. The Hall–Kier alpha value is 0.476. The van der Waals surface area contributed by atoms with Crippen molar-refractivity contribution in [2.45, 2.75) is 110 Å². The normalized spacial score (nSPS) is 11.3. The van der Waals surface area contributed by atoms with Gasteiger partial charge in [0.05, 0.1) is 0 Å². The Morgan fingerprint density at radius 1 is 0.885 bits per heavy atom. The standard InChI is InChI=1S/C18H33O.C3H6O3.K/c1-2-3-4-5-6-7-8-9-10-11-12-13-14-15-16-17-18-19;1-2(4)3(5)6;/h9-10H,2-8,11-17H2,1H3;2,4H,1H3,(H,5,6);/q-1;;+1/b10-9-;;. The molecule has 0 aromatic heterocycles. The summed E-state index contributed by atoms with van der Waals surface area (Å²) in [5.41, 5.74) is 0. The Morgan fingerprint density at radius 2 is 1.27 bits per heavy atom. The maximum absolute atomic E-state index is 10.0. The van der Waals surface area contributed by atoms with Crippen molar-refractivity contribution in [3.63, 3.8) is 0 Å². The molecule has 0 amide bonds. The number of carboxylic acid groups (broad SMARTS) is 1. The van der Waals surface area contributed by atoms with Crippen LogP contribution in [0, 0.1) is 0 Å². The largest absolute Gasteiger partial charge is 1.00 e. The summed E-state index contributed by atoms with van der Waals surface area (Å²) < 4.78 is 0. The number of aliphatic hydroxyl groups is 1. The van der Waals surface area contributed by atoms with E-state index in [1.807, 2.05) is 6.29 Å². The van der Waals surface area contributed by atoms with E-state index in [2.05, 4.69) is 19.1 Å². The number of hydrogen-bond acceptors (Lipinski definition) is 3. The molecule has 0 saturated carbocycles. The van der Waals surface area contributed by atoms with Crippen molar-refractivity contribution in [3.05, 3.63) is 12.2 Å². The monoisotopic (exact) mass is 394 g/mol. The smallest absolute Gasteiger partial charge is 0.542 e. The first-order chi connectivity index (χ1) is 12.1. The van der Waals surface area contributed by atoms with Gasteiger partial charge in [-0.2, -0.15) is 6.42 Å². The van der Waals surface area contributed by atoms with Gasteiger partial charge in [0.1, 0.15) is 6.10 Å². The number of allylic oxidation sites excluding steroid dienone is 2. The van der Waals surface area contributed by atoms with E-state index < -0.39 is 12.1 Å². The van der Waals surface area contributed by atoms with Crippen LogP contribution in [0.25, 0.3) is 0 Å². The number of aliphatic hydroxyl groups excluding tert-OH is 1. The number of unbranched alkanes of at least 4 members (excludes halogenated alkanes) is 12. The van der Waals surface area contributed by atoms with E-state index in [1.165, 1.54) is 84.0 Å². The first kappa shape index (κ1) is 31.2. The van der Waals surface area contributed by atoms with E-state index in [0.717, 1.165) is 6.42 Å². The second kappa shape index (κ2) is 27.7. The van der Waals surface area contributed by atoms with E-state index in [0.29, 0.717) is 6.42 Å². The molecule has 0 heterocycles. The van der Waals surface area contributed by atoms with Gasteiger partial charge in [-0.3, -0.25) is 6.29 Å². The molecule has 0 bridgehead atoms. The number of carbonyl (C=O) groups excluding carboxylic acids is 1. The minimum absolute atomic E-state index is 0. The summed E-state index contributed by atoms with van der Waals surface area (Å²) in [4.78, 5) is 19.5. The molecule has 0 aliphatic carbocycles. The van der Waals surface area contributed by atoms with Gasteiger partial charge in [-0.1, -0.05) is 76.9 Å². The molecule has 1 atom stereocenters. The van der Waals surface area contributed by atoms with Crippen LogP contribution in [0.2, 0.25) is 0 Å². The average molecular weight is 395 g/mol. The molecule has 4 nitrogen and oxygen atoms in total. The van der Waals surface area contributed by atoms with Gasteiger partial charge in [-0.15, -0.1) is 0 Å². The zero-order valence-corrected chi connectivity index (χ0v) is 20.5. The molecule has 0 radical (unpaired) electrons. The number of hydrogen-bond donors (Lipinski definition) is 2. The predicted molar refractivity (Wildman–Crippen MR) is 104 cm³/mol.